The molecule has 0 aliphatic heterocycles. The fourth-order valence-corrected chi connectivity index (χ4v) is 2.48. The fraction of sp³-hybridized carbons (Fsp3) is 0.444. The van der Waals surface area contributed by atoms with Crippen LogP contribution in [0.15, 0.2) is 30.4 Å². The van der Waals surface area contributed by atoms with Gasteiger partial charge in [0, 0.05) is 6.07 Å². The molecule has 6 nitrogen and oxygen atoms in total. The van der Waals surface area contributed by atoms with Crippen molar-refractivity contribution in [3.8, 4) is 11.5 Å². The lowest BCUT2D eigenvalue weighted by molar-refractivity contribution is -0.157. The van der Waals surface area contributed by atoms with Gasteiger partial charge in [0.25, 0.3) is 5.91 Å². The Balaban J connectivity index is 1.98. The zero-order chi connectivity index (χ0) is 17.5. The molecule has 0 bridgehead atoms. The summed E-state index contributed by atoms with van der Waals surface area (Å²) in [6.07, 6.45) is 5.42. The van der Waals surface area contributed by atoms with Crippen LogP contribution in [0.1, 0.15) is 26.2 Å². The van der Waals surface area contributed by atoms with Gasteiger partial charge < -0.3 is 19.5 Å². The van der Waals surface area contributed by atoms with Crippen molar-refractivity contribution in [1.29, 1.82) is 0 Å². The van der Waals surface area contributed by atoms with Gasteiger partial charge >= 0.3 is 5.97 Å². The zero-order valence-electron chi connectivity index (χ0n) is 14.2. The summed E-state index contributed by atoms with van der Waals surface area (Å²) < 4.78 is 15.7. The highest BCUT2D eigenvalue weighted by Gasteiger charge is 2.25. The second-order valence-electron chi connectivity index (χ2n) is 5.62. The molecule has 1 aliphatic rings. The highest BCUT2D eigenvalue weighted by Crippen LogP contribution is 2.29. The summed E-state index contributed by atoms with van der Waals surface area (Å²) in [5.41, 5.74) is 0.463. The first-order valence-corrected chi connectivity index (χ1v) is 7.93. The molecule has 1 amide bonds. The third kappa shape index (κ3) is 4.50. The van der Waals surface area contributed by atoms with Crippen molar-refractivity contribution in [2.45, 2.75) is 32.3 Å². The Morgan fingerprint density at radius 2 is 2.00 bits per heavy atom. The van der Waals surface area contributed by atoms with E-state index in [0.717, 1.165) is 12.8 Å². The van der Waals surface area contributed by atoms with Crippen LogP contribution >= 0.6 is 0 Å². The Labute approximate surface area is 141 Å². The molecule has 0 fully saturated rings. The van der Waals surface area contributed by atoms with Crippen LogP contribution in [-0.4, -0.2) is 32.2 Å². The predicted octanol–water partition coefficient (Wildman–Crippen LogP) is 2.93. The van der Waals surface area contributed by atoms with Crippen LogP contribution in [0.25, 0.3) is 0 Å². The topological polar surface area (TPSA) is 73.9 Å². The summed E-state index contributed by atoms with van der Waals surface area (Å²) in [5, 5.41) is 2.71. The maximum atomic E-state index is 12.3. The Morgan fingerprint density at radius 3 is 2.62 bits per heavy atom. The van der Waals surface area contributed by atoms with E-state index in [9.17, 15) is 9.59 Å². The van der Waals surface area contributed by atoms with Gasteiger partial charge in [-0.25, -0.2) is 0 Å². The number of anilines is 1. The molecule has 0 aromatic heterocycles. The normalized spacial score (nSPS) is 17.7. The smallest absolute Gasteiger partial charge is 0.310 e. The minimum absolute atomic E-state index is 0.170. The minimum atomic E-state index is -0.890. The molecule has 130 valence electrons. The van der Waals surface area contributed by atoms with E-state index in [1.54, 1.807) is 25.1 Å². The second-order valence-corrected chi connectivity index (χ2v) is 5.62. The van der Waals surface area contributed by atoms with Crippen molar-refractivity contribution in [3.05, 3.63) is 30.4 Å². The number of amides is 1. The number of ether oxygens (including phenoxy) is 3. The number of methoxy groups -OCH3 is 2. The highest BCUT2D eigenvalue weighted by atomic mass is 16.5. The van der Waals surface area contributed by atoms with Gasteiger partial charge in [-0.2, -0.15) is 0 Å². The van der Waals surface area contributed by atoms with E-state index < -0.39 is 12.0 Å². The summed E-state index contributed by atoms with van der Waals surface area (Å²) in [7, 11) is 3.05. The Hall–Kier alpha value is -2.50. The van der Waals surface area contributed by atoms with E-state index in [1.807, 2.05) is 6.08 Å². The van der Waals surface area contributed by atoms with Gasteiger partial charge in [0.2, 0.25) is 0 Å². The first-order chi connectivity index (χ1) is 11.5. The molecule has 24 heavy (non-hydrogen) atoms. The average Bonchev–Trinajstić information content (AvgIpc) is 2.62. The predicted molar refractivity (Wildman–Crippen MR) is 90.2 cm³/mol. The number of allylic oxidation sites excluding steroid dienone is 2. The molecule has 0 saturated carbocycles. The van der Waals surface area contributed by atoms with Crippen molar-refractivity contribution >= 4 is 17.6 Å². The number of benzene rings is 1. The van der Waals surface area contributed by atoms with Crippen molar-refractivity contribution in [2.75, 3.05) is 19.5 Å². The summed E-state index contributed by atoms with van der Waals surface area (Å²) in [6.45, 7) is 1.55. The Morgan fingerprint density at radius 1 is 1.21 bits per heavy atom. The highest BCUT2D eigenvalue weighted by molar-refractivity contribution is 5.96. The second kappa shape index (κ2) is 8.38. The number of hydrogen-bond donors (Lipinski definition) is 1. The molecular weight excluding hydrogens is 310 g/mol. The van der Waals surface area contributed by atoms with E-state index >= 15 is 0 Å². The number of esters is 1. The third-order valence-corrected chi connectivity index (χ3v) is 3.93. The summed E-state index contributed by atoms with van der Waals surface area (Å²) >= 11 is 0. The minimum Gasteiger partial charge on any atom is -0.497 e. The average molecular weight is 333 g/mol. The third-order valence-electron chi connectivity index (χ3n) is 3.93. The molecule has 2 rings (SSSR count). The Bertz CT molecular complexity index is 626. The van der Waals surface area contributed by atoms with Gasteiger partial charge in [-0.3, -0.25) is 9.59 Å². The van der Waals surface area contributed by atoms with Crippen molar-refractivity contribution in [3.63, 3.8) is 0 Å². The first-order valence-electron chi connectivity index (χ1n) is 7.93. The van der Waals surface area contributed by atoms with Gasteiger partial charge in [-0.05, 0) is 38.3 Å². The quantitative estimate of drug-likeness (QED) is 0.640. The summed E-state index contributed by atoms with van der Waals surface area (Å²) in [4.78, 5) is 24.4. The molecule has 6 heteroatoms. The van der Waals surface area contributed by atoms with E-state index in [-0.39, 0.29) is 11.9 Å². The molecule has 1 N–H and O–H groups in total. The van der Waals surface area contributed by atoms with E-state index in [4.69, 9.17) is 14.2 Å². The molecule has 1 aromatic carbocycles. The van der Waals surface area contributed by atoms with Crippen LogP contribution < -0.4 is 14.8 Å². The van der Waals surface area contributed by atoms with Crippen LogP contribution in [0, 0.1) is 5.92 Å². The number of hydrogen-bond acceptors (Lipinski definition) is 5. The SMILES string of the molecule is COc1ccc(OC)c(NC(=O)C(C)OC(=O)C2CC=CCC2)c1. The molecule has 1 aromatic rings. The fourth-order valence-electron chi connectivity index (χ4n) is 2.48. The molecule has 1 aliphatic carbocycles. The van der Waals surface area contributed by atoms with Crippen molar-refractivity contribution < 1.29 is 23.8 Å². The summed E-state index contributed by atoms with van der Waals surface area (Å²) in [5.74, 6) is 0.169. The molecular formula is C18H23NO5. The number of rotatable bonds is 6. The van der Waals surface area contributed by atoms with Gasteiger partial charge in [0.15, 0.2) is 6.10 Å². The lowest BCUT2D eigenvalue weighted by atomic mass is 9.95. The van der Waals surface area contributed by atoms with Gasteiger partial charge in [-0.1, -0.05) is 12.2 Å². The number of nitrogens with one attached hydrogen (secondary N) is 1. The lowest BCUT2D eigenvalue weighted by Crippen LogP contribution is -2.32. The van der Waals surface area contributed by atoms with Gasteiger partial charge in [0.1, 0.15) is 11.5 Å². The standard InChI is InChI=1S/C18H23NO5/c1-12(24-18(21)13-7-5-4-6-8-13)17(20)19-15-11-14(22-2)9-10-16(15)23-3/h4-5,9-13H,6-8H2,1-3H3,(H,19,20). The molecule has 0 spiro atoms. The van der Waals surface area contributed by atoms with E-state index in [1.165, 1.54) is 14.2 Å². The van der Waals surface area contributed by atoms with Crippen LogP contribution in [0.4, 0.5) is 5.69 Å². The van der Waals surface area contributed by atoms with Crippen LogP contribution in [-0.2, 0) is 14.3 Å². The molecule has 0 heterocycles. The number of carbonyl (C=O) groups is 2. The largest absolute Gasteiger partial charge is 0.497 e. The number of carbonyl (C=O) groups excluding carboxylic acids is 2. The van der Waals surface area contributed by atoms with Crippen LogP contribution in [0.2, 0.25) is 0 Å². The van der Waals surface area contributed by atoms with E-state index in [0.29, 0.717) is 23.6 Å². The zero-order valence-corrected chi connectivity index (χ0v) is 14.2. The molecule has 0 saturated heterocycles. The maximum absolute atomic E-state index is 12.3. The monoisotopic (exact) mass is 333 g/mol. The molecule has 2 atom stereocenters. The maximum Gasteiger partial charge on any atom is 0.310 e. The Kier molecular flexibility index (Phi) is 6.23. The lowest BCUT2D eigenvalue weighted by Gasteiger charge is -2.20. The first kappa shape index (κ1) is 17.8. The van der Waals surface area contributed by atoms with E-state index in [2.05, 4.69) is 11.4 Å². The molecule has 2 unspecified atom stereocenters. The van der Waals surface area contributed by atoms with Crippen molar-refractivity contribution in [2.24, 2.45) is 5.92 Å². The van der Waals surface area contributed by atoms with Crippen LogP contribution in [0.5, 0.6) is 11.5 Å². The van der Waals surface area contributed by atoms with Gasteiger partial charge in [0.05, 0.1) is 25.8 Å². The van der Waals surface area contributed by atoms with Crippen LogP contribution in [0.3, 0.4) is 0 Å². The van der Waals surface area contributed by atoms with Crippen molar-refractivity contribution in [1.82, 2.24) is 0 Å². The summed E-state index contributed by atoms with van der Waals surface area (Å²) in [6, 6.07) is 5.07. The molecule has 0 radical (unpaired) electrons. The van der Waals surface area contributed by atoms with Gasteiger partial charge in [-0.15, -0.1) is 0 Å².